The summed E-state index contributed by atoms with van der Waals surface area (Å²) >= 11 is 3.72. The van der Waals surface area contributed by atoms with Gasteiger partial charge in [-0.1, -0.05) is 79.2 Å². The third-order valence-corrected chi connectivity index (χ3v) is 10.5. The van der Waals surface area contributed by atoms with Gasteiger partial charge in [0.25, 0.3) is 0 Å². The minimum Gasteiger partial charge on any atom is -0.460 e. The molecule has 3 heterocycles. The summed E-state index contributed by atoms with van der Waals surface area (Å²) in [5.74, 6) is -3.57. The van der Waals surface area contributed by atoms with E-state index in [0.717, 1.165) is 0 Å². The van der Waals surface area contributed by atoms with Crippen LogP contribution in [0.4, 0.5) is 0 Å². The quantitative estimate of drug-likeness (QED) is 0.152. The number of carbonyl (C=O) groups excluding carboxylic acids is 4. The van der Waals surface area contributed by atoms with Crippen molar-refractivity contribution < 1.29 is 33.8 Å². The Balaban J connectivity index is 1.76. The van der Waals surface area contributed by atoms with Gasteiger partial charge >= 0.3 is 5.97 Å². The van der Waals surface area contributed by atoms with Crippen molar-refractivity contribution in [3.05, 3.63) is 61.2 Å². The fourth-order valence-corrected chi connectivity index (χ4v) is 9.13. The van der Waals surface area contributed by atoms with Crippen molar-refractivity contribution in [3.63, 3.8) is 0 Å². The van der Waals surface area contributed by atoms with Crippen molar-refractivity contribution >= 4 is 39.6 Å². The standard InChI is InChI=1S/C37H52BrN3O7/c1-9-11-17-27(43)39-20-23(3)47-34(46)28-29-32(44)41(26(21-42)24-15-13-12-14-16-24)31(37(29)19-25(38)30(28)48-37)33(45)40(18-10-2)36(7,8)22-35(4,5)6/h9-10,12-16,23,25-26,28-31,42H,1-2,11,17-22H2,3-8H3,(H,39,43)/t23-,25?,26+,28-,29+,30-,31-,37+/m0/s1. The predicted molar refractivity (Wildman–Crippen MR) is 187 cm³/mol. The van der Waals surface area contributed by atoms with Gasteiger partial charge in [-0.3, -0.25) is 19.2 Å². The lowest BCUT2D eigenvalue weighted by atomic mass is 9.70. The van der Waals surface area contributed by atoms with E-state index in [1.165, 1.54) is 4.90 Å². The number of fused-ring (bicyclic) bond motifs is 1. The van der Waals surface area contributed by atoms with Crippen molar-refractivity contribution in [2.24, 2.45) is 17.3 Å². The Morgan fingerprint density at radius 2 is 1.85 bits per heavy atom. The van der Waals surface area contributed by atoms with E-state index in [4.69, 9.17) is 9.47 Å². The highest BCUT2D eigenvalue weighted by Gasteiger charge is 2.78. The number of aliphatic hydroxyl groups is 1. The minimum absolute atomic E-state index is 0.106. The fourth-order valence-electron chi connectivity index (χ4n) is 8.18. The molecular weight excluding hydrogens is 678 g/mol. The number of carbonyl (C=O) groups is 4. The third-order valence-electron chi connectivity index (χ3n) is 9.68. The lowest BCUT2D eigenvalue weighted by molar-refractivity contribution is -0.160. The maximum Gasteiger partial charge on any atom is 0.312 e. The number of rotatable bonds is 15. The van der Waals surface area contributed by atoms with Crippen molar-refractivity contribution in [1.82, 2.24) is 15.1 Å². The molecule has 0 aliphatic carbocycles. The Morgan fingerprint density at radius 1 is 1.19 bits per heavy atom. The largest absolute Gasteiger partial charge is 0.460 e. The molecule has 3 aliphatic heterocycles. The van der Waals surface area contributed by atoms with E-state index in [0.29, 0.717) is 24.8 Å². The van der Waals surface area contributed by atoms with Gasteiger partial charge in [-0.2, -0.15) is 0 Å². The number of hydrogen-bond acceptors (Lipinski definition) is 7. The first-order valence-corrected chi connectivity index (χ1v) is 17.7. The maximum atomic E-state index is 15.1. The molecule has 1 aromatic rings. The molecule has 3 saturated heterocycles. The summed E-state index contributed by atoms with van der Waals surface area (Å²) in [4.78, 5) is 58.9. The molecule has 48 heavy (non-hydrogen) atoms. The predicted octanol–water partition coefficient (Wildman–Crippen LogP) is 4.71. The van der Waals surface area contributed by atoms with E-state index in [1.54, 1.807) is 24.0 Å². The molecular formula is C37H52BrN3O7. The first-order chi connectivity index (χ1) is 22.5. The first kappa shape index (κ1) is 37.8. The van der Waals surface area contributed by atoms with Gasteiger partial charge in [0.2, 0.25) is 17.7 Å². The second-order valence-electron chi connectivity index (χ2n) is 15.2. The van der Waals surface area contributed by atoms with Gasteiger partial charge in [0.05, 0.1) is 37.1 Å². The van der Waals surface area contributed by atoms with Gasteiger partial charge in [0.1, 0.15) is 17.7 Å². The highest BCUT2D eigenvalue weighted by molar-refractivity contribution is 9.09. The van der Waals surface area contributed by atoms with Crippen LogP contribution in [0.15, 0.2) is 55.6 Å². The van der Waals surface area contributed by atoms with Crippen LogP contribution < -0.4 is 5.32 Å². The van der Waals surface area contributed by atoms with Crippen LogP contribution in [0.25, 0.3) is 0 Å². The van der Waals surface area contributed by atoms with Gasteiger partial charge in [-0.05, 0) is 51.0 Å². The zero-order valence-corrected chi connectivity index (χ0v) is 30.7. The number of esters is 1. The van der Waals surface area contributed by atoms with Gasteiger partial charge < -0.3 is 29.7 Å². The Hall–Kier alpha value is -3.02. The summed E-state index contributed by atoms with van der Waals surface area (Å²) in [5.41, 5.74) is -1.44. The molecule has 1 aromatic carbocycles. The number of alkyl halides is 1. The summed E-state index contributed by atoms with van der Waals surface area (Å²) in [5, 5.41) is 13.6. The zero-order chi connectivity index (χ0) is 35.6. The Labute approximate surface area is 293 Å². The van der Waals surface area contributed by atoms with E-state index in [1.807, 2.05) is 44.2 Å². The van der Waals surface area contributed by atoms with E-state index >= 15 is 4.79 Å². The summed E-state index contributed by atoms with van der Waals surface area (Å²) in [6.07, 6.45) is 3.75. The van der Waals surface area contributed by atoms with E-state index < -0.39 is 65.8 Å². The molecule has 0 aromatic heterocycles. The number of nitrogens with one attached hydrogen (secondary N) is 1. The molecule has 1 spiro atoms. The molecule has 2 bridgehead atoms. The minimum atomic E-state index is -1.35. The van der Waals surface area contributed by atoms with E-state index in [9.17, 15) is 19.5 Å². The van der Waals surface area contributed by atoms with Gasteiger partial charge in [0, 0.05) is 23.3 Å². The summed E-state index contributed by atoms with van der Waals surface area (Å²) in [6, 6.07) is 7.12. The number of halogens is 1. The number of allylic oxidation sites excluding steroid dienone is 1. The van der Waals surface area contributed by atoms with Crippen LogP contribution in [0.3, 0.4) is 0 Å². The maximum absolute atomic E-state index is 15.1. The molecule has 10 nitrogen and oxygen atoms in total. The lowest BCUT2D eigenvalue weighted by Gasteiger charge is -2.46. The van der Waals surface area contributed by atoms with Crippen LogP contribution in [0.5, 0.6) is 0 Å². The number of aliphatic hydroxyl groups excluding tert-OH is 1. The molecule has 11 heteroatoms. The van der Waals surface area contributed by atoms with Gasteiger partial charge in [-0.15, -0.1) is 13.2 Å². The third kappa shape index (κ3) is 7.43. The molecule has 4 rings (SSSR count). The highest BCUT2D eigenvalue weighted by Crippen LogP contribution is 2.61. The SMILES string of the molecule is C=CCCC(=O)NC[C@H](C)OC(=O)[C@@H]1[C@H]2O[C@@]3(CC2Br)[C@H](C(=O)N(CC=C)C(C)(C)CC(C)(C)C)N([C@H](CO)c2ccccc2)C(=O)[C@@H]13. The molecule has 0 saturated carbocycles. The normalized spacial score (nSPS) is 27.6. The molecule has 3 aliphatic rings. The molecule has 3 fully saturated rings. The van der Waals surface area contributed by atoms with E-state index in [2.05, 4.69) is 55.2 Å². The Morgan fingerprint density at radius 3 is 2.44 bits per heavy atom. The van der Waals surface area contributed by atoms with Crippen LogP contribution in [0.1, 0.15) is 78.8 Å². The smallest absolute Gasteiger partial charge is 0.312 e. The zero-order valence-electron chi connectivity index (χ0n) is 29.1. The second kappa shape index (κ2) is 14.8. The number of hydrogen-bond donors (Lipinski definition) is 2. The summed E-state index contributed by atoms with van der Waals surface area (Å²) in [7, 11) is 0. The van der Waals surface area contributed by atoms with Gasteiger partial charge in [0.15, 0.2) is 0 Å². The number of ether oxygens (including phenoxy) is 2. The molecule has 1 unspecified atom stereocenters. The van der Waals surface area contributed by atoms with Crippen LogP contribution in [0.2, 0.25) is 0 Å². The summed E-state index contributed by atoms with van der Waals surface area (Å²) < 4.78 is 12.6. The number of amides is 3. The van der Waals surface area contributed by atoms with E-state index in [-0.39, 0.29) is 41.6 Å². The number of benzene rings is 1. The first-order valence-electron chi connectivity index (χ1n) is 16.8. The van der Waals surface area contributed by atoms with Crippen LogP contribution >= 0.6 is 15.9 Å². The summed E-state index contributed by atoms with van der Waals surface area (Å²) in [6.45, 7) is 19.5. The Kier molecular flexibility index (Phi) is 11.7. The Bertz CT molecular complexity index is 1380. The number of nitrogens with zero attached hydrogens (tertiary/aromatic N) is 2. The van der Waals surface area contributed by atoms with Crippen molar-refractivity contribution in [2.75, 3.05) is 19.7 Å². The highest BCUT2D eigenvalue weighted by atomic mass is 79.9. The van der Waals surface area contributed by atoms with Crippen molar-refractivity contribution in [2.45, 2.75) is 107 Å². The molecule has 3 amide bonds. The topological polar surface area (TPSA) is 125 Å². The van der Waals surface area contributed by atoms with Crippen LogP contribution in [-0.2, 0) is 28.7 Å². The molecule has 264 valence electrons. The lowest BCUT2D eigenvalue weighted by Crippen LogP contribution is -2.61. The average molecular weight is 731 g/mol. The molecule has 2 N–H and O–H groups in total. The monoisotopic (exact) mass is 729 g/mol. The average Bonchev–Trinajstić information content (AvgIpc) is 3.60. The molecule has 8 atom stereocenters. The second-order valence-corrected chi connectivity index (χ2v) is 16.4. The molecule has 0 radical (unpaired) electrons. The van der Waals surface area contributed by atoms with Crippen molar-refractivity contribution in [1.29, 1.82) is 0 Å². The van der Waals surface area contributed by atoms with Crippen LogP contribution in [0, 0.1) is 17.3 Å². The van der Waals surface area contributed by atoms with Crippen LogP contribution in [-0.4, -0.2) is 92.5 Å². The fraction of sp³-hybridized carbons (Fsp3) is 0.622. The van der Waals surface area contributed by atoms with Crippen molar-refractivity contribution in [3.8, 4) is 0 Å². The number of likely N-dealkylation sites (tertiary alicyclic amines) is 1. The van der Waals surface area contributed by atoms with Gasteiger partial charge in [-0.25, -0.2) is 0 Å².